The van der Waals surface area contributed by atoms with E-state index in [1.165, 1.54) is 71.4 Å². The van der Waals surface area contributed by atoms with Crippen molar-refractivity contribution in [3.05, 3.63) is 0 Å². The predicted molar refractivity (Wildman–Crippen MR) is 87.2 cm³/mol. The van der Waals surface area contributed by atoms with Crippen LogP contribution >= 0.6 is 0 Å². The van der Waals surface area contributed by atoms with Crippen LogP contribution in [0.4, 0.5) is 0 Å². The lowest BCUT2D eigenvalue weighted by Gasteiger charge is -2.46. The van der Waals surface area contributed by atoms with Gasteiger partial charge in [0.15, 0.2) is 0 Å². The van der Waals surface area contributed by atoms with E-state index in [1.54, 1.807) is 0 Å². The molecule has 0 bridgehead atoms. The average Bonchev–Trinajstić information content (AvgIpc) is 2.39. The summed E-state index contributed by atoms with van der Waals surface area (Å²) in [4.78, 5) is 5.36. The van der Waals surface area contributed by atoms with E-state index in [9.17, 15) is 0 Å². The summed E-state index contributed by atoms with van der Waals surface area (Å²) in [6.45, 7) is 14.5. The smallest absolute Gasteiger partial charge is 0.0126 e. The van der Waals surface area contributed by atoms with Crippen molar-refractivity contribution in [3.63, 3.8) is 0 Å². The molecule has 118 valence electrons. The van der Waals surface area contributed by atoms with Gasteiger partial charge >= 0.3 is 0 Å². The molecule has 1 aliphatic heterocycles. The van der Waals surface area contributed by atoms with Crippen molar-refractivity contribution in [2.24, 2.45) is 5.41 Å². The van der Waals surface area contributed by atoms with Crippen LogP contribution in [0.5, 0.6) is 0 Å². The summed E-state index contributed by atoms with van der Waals surface area (Å²) in [5, 5.41) is 3.46. The number of nitrogens with zero attached hydrogens (tertiary/aromatic N) is 2. The van der Waals surface area contributed by atoms with Crippen LogP contribution in [0, 0.1) is 5.41 Å². The molecule has 1 saturated carbocycles. The summed E-state index contributed by atoms with van der Waals surface area (Å²) in [7, 11) is 2.12. The minimum atomic E-state index is 0.333. The van der Waals surface area contributed by atoms with Gasteiger partial charge in [0.1, 0.15) is 0 Å². The second-order valence-electron chi connectivity index (χ2n) is 8.03. The van der Waals surface area contributed by atoms with Gasteiger partial charge in [0.25, 0.3) is 0 Å². The van der Waals surface area contributed by atoms with Crippen molar-refractivity contribution < 1.29 is 0 Å². The van der Waals surface area contributed by atoms with Gasteiger partial charge in [-0.2, -0.15) is 0 Å². The molecule has 0 unspecified atom stereocenters. The molecule has 0 atom stereocenters. The monoisotopic (exact) mass is 281 g/mol. The molecular formula is C17H35N3. The Labute approximate surface area is 126 Å². The van der Waals surface area contributed by atoms with Gasteiger partial charge in [-0.15, -0.1) is 0 Å². The molecule has 20 heavy (non-hydrogen) atoms. The van der Waals surface area contributed by atoms with Gasteiger partial charge in [0.2, 0.25) is 0 Å². The Kier molecular flexibility index (Phi) is 5.49. The highest BCUT2D eigenvalue weighted by molar-refractivity contribution is 4.90. The number of rotatable bonds is 4. The lowest BCUT2D eigenvalue weighted by Crippen LogP contribution is -2.56. The molecule has 2 rings (SSSR count). The summed E-state index contributed by atoms with van der Waals surface area (Å²) in [6.07, 6.45) is 7.16. The third kappa shape index (κ3) is 4.19. The van der Waals surface area contributed by atoms with Crippen LogP contribution in [0.3, 0.4) is 0 Å². The fraction of sp³-hybridized carbons (Fsp3) is 1.00. The molecule has 2 aliphatic rings. The normalized spacial score (nSPS) is 25.8. The van der Waals surface area contributed by atoms with E-state index < -0.39 is 0 Å². The van der Waals surface area contributed by atoms with Gasteiger partial charge in [-0.3, -0.25) is 4.90 Å². The molecule has 3 heteroatoms. The molecule has 1 saturated heterocycles. The summed E-state index contributed by atoms with van der Waals surface area (Å²) in [5.74, 6) is 0. The fourth-order valence-electron chi connectivity index (χ4n) is 4.12. The fourth-order valence-corrected chi connectivity index (χ4v) is 4.12. The molecule has 3 nitrogen and oxygen atoms in total. The van der Waals surface area contributed by atoms with E-state index in [0.717, 1.165) is 0 Å². The van der Waals surface area contributed by atoms with Gasteiger partial charge in [0, 0.05) is 44.8 Å². The first kappa shape index (κ1) is 16.3. The summed E-state index contributed by atoms with van der Waals surface area (Å²) >= 11 is 0. The van der Waals surface area contributed by atoms with Crippen molar-refractivity contribution in [2.45, 2.75) is 58.4 Å². The summed E-state index contributed by atoms with van der Waals surface area (Å²) in [5.41, 5.74) is 0.885. The van der Waals surface area contributed by atoms with Crippen molar-refractivity contribution in [1.82, 2.24) is 15.1 Å². The molecule has 0 aromatic heterocycles. The largest absolute Gasteiger partial charge is 0.319 e. The van der Waals surface area contributed by atoms with Crippen molar-refractivity contribution in [2.75, 3.05) is 46.3 Å². The highest BCUT2D eigenvalue weighted by Gasteiger charge is 2.35. The molecule has 0 radical (unpaired) electrons. The maximum Gasteiger partial charge on any atom is 0.0126 e. The zero-order chi connectivity index (χ0) is 14.6. The Balaban J connectivity index is 1.86. The lowest BCUT2D eigenvalue weighted by atomic mass is 9.73. The molecule has 1 aliphatic carbocycles. The summed E-state index contributed by atoms with van der Waals surface area (Å²) < 4.78 is 0. The van der Waals surface area contributed by atoms with Crippen LogP contribution in [-0.2, 0) is 0 Å². The maximum atomic E-state index is 3.46. The Hall–Kier alpha value is -0.120. The minimum Gasteiger partial charge on any atom is -0.319 e. The molecule has 1 N–H and O–H groups in total. The average molecular weight is 281 g/mol. The van der Waals surface area contributed by atoms with Gasteiger partial charge in [-0.05, 0) is 46.1 Å². The number of hydrogen-bond acceptors (Lipinski definition) is 3. The van der Waals surface area contributed by atoms with E-state index in [-0.39, 0.29) is 0 Å². The molecule has 2 fully saturated rings. The third-order valence-corrected chi connectivity index (χ3v) is 5.35. The Morgan fingerprint density at radius 2 is 1.55 bits per heavy atom. The molecule has 0 spiro atoms. The van der Waals surface area contributed by atoms with Crippen LogP contribution in [0.2, 0.25) is 0 Å². The first-order chi connectivity index (χ1) is 9.45. The first-order valence-electron chi connectivity index (χ1n) is 8.57. The van der Waals surface area contributed by atoms with Gasteiger partial charge < -0.3 is 10.2 Å². The molecule has 1 heterocycles. The second-order valence-corrected chi connectivity index (χ2v) is 8.03. The third-order valence-electron chi connectivity index (χ3n) is 5.35. The van der Waals surface area contributed by atoms with Crippen LogP contribution in [0.1, 0.15) is 52.9 Å². The van der Waals surface area contributed by atoms with E-state index in [0.29, 0.717) is 11.0 Å². The van der Waals surface area contributed by atoms with Crippen molar-refractivity contribution >= 4 is 0 Å². The Morgan fingerprint density at radius 1 is 0.950 bits per heavy atom. The zero-order valence-corrected chi connectivity index (χ0v) is 14.2. The highest BCUT2D eigenvalue weighted by atomic mass is 15.3. The quantitative estimate of drug-likeness (QED) is 0.854. The second kappa shape index (κ2) is 6.76. The molecular weight excluding hydrogens is 246 g/mol. The Morgan fingerprint density at radius 3 is 2.05 bits per heavy atom. The molecule has 0 amide bonds. The zero-order valence-electron chi connectivity index (χ0n) is 14.2. The number of hydrogen-bond donors (Lipinski definition) is 1. The van der Waals surface area contributed by atoms with E-state index >= 15 is 0 Å². The first-order valence-corrected chi connectivity index (χ1v) is 8.57. The van der Waals surface area contributed by atoms with Crippen molar-refractivity contribution in [3.8, 4) is 0 Å². The van der Waals surface area contributed by atoms with E-state index in [1.807, 2.05) is 0 Å². The van der Waals surface area contributed by atoms with E-state index in [2.05, 4.69) is 42.9 Å². The topological polar surface area (TPSA) is 18.5 Å². The van der Waals surface area contributed by atoms with Gasteiger partial charge in [-0.25, -0.2) is 0 Å². The lowest BCUT2D eigenvalue weighted by molar-refractivity contribution is 0.0294. The number of nitrogens with one attached hydrogen (secondary N) is 1. The SMILES string of the molecule is CNCC1(CN2CCN(C(C)(C)C)CC2)CCCCC1. The van der Waals surface area contributed by atoms with Crippen LogP contribution in [-0.4, -0.2) is 61.7 Å². The highest BCUT2D eigenvalue weighted by Crippen LogP contribution is 2.36. The van der Waals surface area contributed by atoms with Gasteiger partial charge in [0.05, 0.1) is 0 Å². The maximum absolute atomic E-state index is 3.46. The Bertz CT molecular complexity index is 276. The van der Waals surface area contributed by atoms with E-state index in [4.69, 9.17) is 0 Å². The standard InChI is InChI=1S/C17H35N3/c1-16(2,3)20-12-10-19(11-13-20)15-17(14-18-4)8-6-5-7-9-17/h18H,5-15H2,1-4H3. The van der Waals surface area contributed by atoms with Crippen LogP contribution < -0.4 is 5.32 Å². The summed E-state index contributed by atoms with van der Waals surface area (Å²) in [6, 6.07) is 0. The predicted octanol–water partition coefficient (Wildman–Crippen LogP) is 2.57. The molecule has 0 aromatic rings. The van der Waals surface area contributed by atoms with Crippen LogP contribution in [0.15, 0.2) is 0 Å². The molecule has 0 aromatic carbocycles. The van der Waals surface area contributed by atoms with Crippen LogP contribution in [0.25, 0.3) is 0 Å². The van der Waals surface area contributed by atoms with Gasteiger partial charge in [-0.1, -0.05) is 19.3 Å². The van der Waals surface area contributed by atoms with Crippen molar-refractivity contribution in [1.29, 1.82) is 0 Å². The number of piperazine rings is 1. The minimum absolute atomic E-state index is 0.333.